The van der Waals surface area contributed by atoms with Gasteiger partial charge in [-0.1, -0.05) is 13.8 Å². The second-order valence-corrected chi connectivity index (χ2v) is 3.52. The molecule has 0 unspecified atom stereocenters. The van der Waals surface area contributed by atoms with E-state index in [1.165, 1.54) is 7.11 Å². The van der Waals surface area contributed by atoms with Gasteiger partial charge in [0.2, 0.25) is 0 Å². The van der Waals surface area contributed by atoms with Crippen LogP contribution in [0.3, 0.4) is 0 Å². The first-order valence-electron chi connectivity index (χ1n) is 4.63. The van der Waals surface area contributed by atoms with Crippen molar-refractivity contribution in [1.82, 2.24) is 9.97 Å². The number of aromatic carboxylic acids is 1. The van der Waals surface area contributed by atoms with Gasteiger partial charge in [-0.3, -0.25) is 0 Å². The van der Waals surface area contributed by atoms with E-state index < -0.39 is 5.97 Å². The Labute approximate surface area is 88.1 Å². The third-order valence-corrected chi connectivity index (χ3v) is 2.04. The lowest BCUT2D eigenvalue weighted by Crippen LogP contribution is -2.12. The molecule has 1 aromatic rings. The summed E-state index contributed by atoms with van der Waals surface area (Å²) >= 11 is 0. The van der Waals surface area contributed by atoms with Crippen LogP contribution in [0.15, 0.2) is 0 Å². The van der Waals surface area contributed by atoms with E-state index in [2.05, 4.69) is 9.97 Å². The normalized spacial score (nSPS) is 10.5. The van der Waals surface area contributed by atoms with Crippen LogP contribution in [0.5, 0.6) is 6.01 Å². The smallest absolute Gasteiger partial charge is 0.339 e. The highest BCUT2D eigenvalue weighted by Crippen LogP contribution is 2.21. The Morgan fingerprint density at radius 1 is 1.40 bits per heavy atom. The fraction of sp³-hybridized carbons (Fsp3) is 0.500. The summed E-state index contributed by atoms with van der Waals surface area (Å²) < 4.78 is 4.91. The number of carbonyl (C=O) groups is 1. The van der Waals surface area contributed by atoms with Crippen molar-refractivity contribution in [2.24, 2.45) is 0 Å². The van der Waals surface area contributed by atoms with Crippen LogP contribution in [0.2, 0.25) is 0 Å². The number of aromatic nitrogens is 2. The molecule has 1 heterocycles. The van der Waals surface area contributed by atoms with Crippen LogP contribution in [-0.2, 0) is 0 Å². The Bertz CT molecular complexity index is 388. The van der Waals surface area contributed by atoms with Crippen molar-refractivity contribution in [2.45, 2.75) is 26.7 Å². The Balaban J connectivity index is 3.42. The van der Waals surface area contributed by atoms with Crippen LogP contribution < -0.4 is 4.74 Å². The first-order chi connectivity index (χ1) is 6.97. The summed E-state index contributed by atoms with van der Waals surface area (Å²) in [5.74, 6) is -0.981. The number of methoxy groups -OCH3 is 1. The van der Waals surface area contributed by atoms with Crippen LogP contribution in [-0.4, -0.2) is 28.2 Å². The number of aryl methyl sites for hydroxylation is 1. The number of carboxylic acids is 1. The fourth-order valence-electron chi connectivity index (χ4n) is 1.34. The highest BCUT2D eigenvalue weighted by Gasteiger charge is 2.20. The van der Waals surface area contributed by atoms with Gasteiger partial charge in [0.1, 0.15) is 5.56 Å². The van der Waals surface area contributed by atoms with E-state index in [1.54, 1.807) is 6.92 Å². The minimum atomic E-state index is -1.00. The second-order valence-electron chi connectivity index (χ2n) is 3.52. The van der Waals surface area contributed by atoms with E-state index >= 15 is 0 Å². The number of rotatable bonds is 3. The Kier molecular flexibility index (Phi) is 3.24. The summed E-state index contributed by atoms with van der Waals surface area (Å²) in [4.78, 5) is 19.0. The average Bonchev–Trinajstić information content (AvgIpc) is 2.15. The molecule has 5 nitrogen and oxygen atoms in total. The van der Waals surface area contributed by atoms with E-state index in [4.69, 9.17) is 9.84 Å². The zero-order valence-electron chi connectivity index (χ0n) is 9.24. The van der Waals surface area contributed by atoms with Gasteiger partial charge in [-0.15, -0.1) is 0 Å². The minimum absolute atomic E-state index is 0.0201. The average molecular weight is 210 g/mol. The van der Waals surface area contributed by atoms with Crippen molar-refractivity contribution in [3.63, 3.8) is 0 Å². The van der Waals surface area contributed by atoms with Crippen molar-refractivity contribution >= 4 is 5.97 Å². The zero-order valence-corrected chi connectivity index (χ0v) is 9.24. The summed E-state index contributed by atoms with van der Waals surface area (Å²) in [6, 6.07) is 0.209. The van der Waals surface area contributed by atoms with Gasteiger partial charge in [-0.05, 0) is 12.8 Å². The Morgan fingerprint density at radius 2 is 2.00 bits per heavy atom. The third kappa shape index (κ3) is 2.23. The van der Waals surface area contributed by atoms with Gasteiger partial charge in [0.05, 0.1) is 18.5 Å². The molecule has 0 aromatic carbocycles. The van der Waals surface area contributed by atoms with Crippen molar-refractivity contribution in [2.75, 3.05) is 7.11 Å². The van der Waals surface area contributed by atoms with Gasteiger partial charge >= 0.3 is 12.0 Å². The van der Waals surface area contributed by atoms with Crippen LogP contribution in [0, 0.1) is 6.92 Å². The monoisotopic (exact) mass is 210 g/mol. The SMILES string of the molecule is COc1nc(C)c(C(=O)O)c(C(C)C)n1. The molecule has 0 atom stereocenters. The van der Waals surface area contributed by atoms with E-state index in [1.807, 2.05) is 13.8 Å². The largest absolute Gasteiger partial charge is 0.478 e. The molecule has 1 aromatic heterocycles. The molecule has 1 N–H and O–H groups in total. The molecule has 5 heteroatoms. The first-order valence-corrected chi connectivity index (χ1v) is 4.63. The van der Waals surface area contributed by atoms with Gasteiger partial charge < -0.3 is 9.84 Å². The van der Waals surface area contributed by atoms with Gasteiger partial charge in [0.25, 0.3) is 0 Å². The number of ether oxygens (including phenoxy) is 1. The molecule has 0 aliphatic carbocycles. The summed E-state index contributed by atoms with van der Waals surface area (Å²) in [7, 11) is 1.46. The minimum Gasteiger partial charge on any atom is -0.478 e. The lowest BCUT2D eigenvalue weighted by atomic mass is 10.0. The second kappa shape index (κ2) is 4.25. The lowest BCUT2D eigenvalue weighted by molar-refractivity contribution is 0.0693. The Hall–Kier alpha value is -1.65. The van der Waals surface area contributed by atoms with E-state index in [0.29, 0.717) is 11.4 Å². The van der Waals surface area contributed by atoms with Gasteiger partial charge in [0.15, 0.2) is 0 Å². The van der Waals surface area contributed by atoms with Gasteiger partial charge in [-0.25, -0.2) is 4.79 Å². The van der Waals surface area contributed by atoms with Crippen molar-refractivity contribution in [3.8, 4) is 6.01 Å². The quantitative estimate of drug-likeness (QED) is 0.820. The van der Waals surface area contributed by atoms with Crippen molar-refractivity contribution in [1.29, 1.82) is 0 Å². The topological polar surface area (TPSA) is 72.3 Å². The molecule has 0 aliphatic rings. The molecule has 0 saturated carbocycles. The summed E-state index contributed by atoms with van der Waals surface area (Å²) in [6.45, 7) is 5.40. The van der Waals surface area contributed by atoms with E-state index in [-0.39, 0.29) is 17.5 Å². The van der Waals surface area contributed by atoms with Crippen LogP contribution in [0.25, 0.3) is 0 Å². The number of hydrogen-bond acceptors (Lipinski definition) is 4. The van der Waals surface area contributed by atoms with Crippen LogP contribution >= 0.6 is 0 Å². The van der Waals surface area contributed by atoms with Gasteiger partial charge in [-0.2, -0.15) is 9.97 Å². The van der Waals surface area contributed by atoms with E-state index in [9.17, 15) is 4.79 Å². The zero-order chi connectivity index (χ0) is 11.6. The third-order valence-electron chi connectivity index (χ3n) is 2.04. The highest BCUT2D eigenvalue weighted by molar-refractivity contribution is 5.90. The molecule has 0 saturated heterocycles. The number of carboxylic acid groups (broad SMARTS) is 1. The molecule has 0 amide bonds. The first kappa shape index (κ1) is 11.4. The molecule has 0 spiro atoms. The fourth-order valence-corrected chi connectivity index (χ4v) is 1.34. The molecule has 82 valence electrons. The standard InChI is InChI=1S/C10H14N2O3/c1-5(2)8-7(9(13)14)6(3)11-10(12-8)15-4/h5H,1-4H3,(H,13,14). The number of hydrogen-bond donors (Lipinski definition) is 1. The maximum atomic E-state index is 11.0. The maximum absolute atomic E-state index is 11.0. The molecule has 15 heavy (non-hydrogen) atoms. The van der Waals surface area contributed by atoms with E-state index in [0.717, 1.165) is 0 Å². The molecule has 0 bridgehead atoms. The number of nitrogens with zero attached hydrogens (tertiary/aromatic N) is 2. The van der Waals surface area contributed by atoms with Crippen LogP contribution in [0.4, 0.5) is 0 Å². The molecule has 0 fully saturated rings. The summed E-state index contributed by atoms with van der Waals surface area (Å²) in [5.41, 5.74) is 1.11. The summed E-state index contributed by atoms with van der Waals surface area (Å²) in [6.07, 6.45) is 0. The predicted octanol–water partition coefficient (Wildman–Crippen LogP) is 1.62. The van der Waals surface area contributed by atoms with Gasteiger partial charge in [0, 0.05) is 0 Å². The molecule has 1 rings (SSSR count). The van der Waals surface area contributed by atoms with Crippen molar-refractivity contribution in [3.05, 3.63) is 17.0 Å². The van der Waals surface area contributed by atoms with Crippen molar-refractivity contribution < 1.29 is 14.6 Å². The predicted molar refractivity (Wildman–Crippen MR) is 54.4 cm³/mol. The maximum Gasteiger partial charge on any atom is 0.339 e. The molecule has 0 radical (unpaired) electrons. The Morgan fingerprint density at radius 3 is 2.40 bits per heavy atom. The molecule has 0 aliphatic heterocycles. The highest BCUT2D eigenvalue weighted by atomic mass is 16.5. The summed E-state index contributed by atoms with van der Waals surface area (Å²) in [5, 5.41) is 9.04. The molecular weight excluding hydrogens is 196 g/mol. The molecular formula is C10H14N2O3. The van der Waals surface area contributed by atoms with Crippen LogP contribution in [0.1, 0.15) is 41.5 Å². The lowest BCUT2D eigenvalue weighted by Gasteiger charge is -2.11.